The van der Waals surface area contributed by atoms with E-state index in [4.69, 9.17) is 5.11 Å². The Bertz CT molecular complexity index is 1070. The van der Waals surface area contributed by atoms with E-state index >= 15 is 0 Å². The van der Waals surface area contributed by atoms with Gasteiger partial charge in [0.05, 0.1) is 29.9 Å². The lowest BCUT2D eigenvalue weighted by atomic mass is 9.90. The highest BCUT2D eigenvalue weighted by molar-refractivity contribution is 5.93. The number of amides is 3. The number of carboxylic acid groups (broad SMARTS) is 1. The van der Waals surface area contributed by atoms with Crippen LogP contribution in [0.3, 0.4) is 0 Å². The molecular formula is C26H34N4O6. The molecule has 0 aliphatic rings. The number of nitrogens with zero attached hydrogens (tertiary/aromatic N) is 2. The molecule has 10 heteroatoms. The molecule has 1 aromatic carbocycles. The van der Waals surface area contributed by atoms with Gasteiger partial charge >= 0.3 is 5.97 Å². The number of carbonyl (C=O) groups is 4. The second-order valence-corrected chi connectivity index (χ2v) is 8.53. The van der Waals surface area contributed by atoms with Gasteiger partial charge in [-0.05, 0) is 49.6 Å². The Morgan fingerprint density at radius 3 is 2.47 bits per heavy atom. The minimum absolute atomic E-state index is 0.136. The molecule has 0 spiro atoms. The highest BCUT2D eigenvalue weighted by Gasteiger charge is 2.30. The summed E-state index contributed by atoms with van der Waals surface area (Å²) in [5.74, 6) is -2.51. The molecule has 36 heavy (non-hydrogen) atoms. The van der Waals surface area contributed by atoms with Gasteiger partial charge in [-0.15, -0.1) is 0 Å². The molecule has 0 bridgehead atoms. The van der Waals surface area contributed by atoms with Crippen LogP contribution >= 0.6 is 0 Å². The number of aryl methyl sites for hydroxylation is 1. The van der Waals surface area contributed by atoms with Crippen LogP contribution in [0.5, 0.6) is 0 Å². The maximum atomic E-state index is 12.9. The number of pyridine rings is 1. The van der Waals surface area contributed by atoms with E-state index in [9.17, 15) is 24.4 Å². The van der Waals surface area contributed by atoms with E-state index in [2.05, 4.69) is 15.6 Å². The Kier molecular flexibility index (Phi) is 11.0. The summed E-state index contributed by atoms with van der Waals surface area (Å²) in [5.41, 5.74) is 2.22. The lowest BCUT2D eigenvalue weighted by Gasteiger charge is -2.29. The summed E-state index contributed by atoms with van der Waals surface area (Å²) in [7, 11) is 0. The molecule has 1 heterocycles. The quantitative estimate of drug-likeness (QED) is 0.103. The molecule has 1 aromatic heterocycles. The van der Waals surface area contributed by atoms with Crippen molar-refractivity contribution in [2.24, 2.45) is 5.92 Å². The summed E-state index contributed by atoms with van der Waals surface area (Å²) >= 11 is 0. The summed E-state index contributed by atoms with van der Waals surface area (Å²) in [6, 6.07) is 8.94. The molecule has 4 N–H and O–H groups in total. The fourth-order valence-electron chi connectivity index (χ4n) is 4.08. The van der Waals surface area contributed by atoms with Crippen LogP contribution in [0.2, 0.25) is 0 Å². The van der Waals surface area contributed by atoms with Crippen molar-refractivity contribution in [1.82, 2.24) is 20.7 Å². The number of carbonyl (C=O) groups excluding carboxylic acids is 3. The highest BCUT2D eigenvalue weighted by atomic mass is 16.5. The summed E-state index contributed by atoms with van der Waals surface area (Å²) in [4.78, 5) is 52.2. The van der Waals surface area contributed by atoms with Crippen LogP contribution in [0.1, 0.15) is 72.4 Å². The zero-order valence-corrected chi connectivity index (χ0v) is 20.9. The molecular weight excluding hydrogens is 464 g/mol. The number of aromatic nitrogens is 1. The summed E-state index contributed by atoms with van der Waals surface area (Å²) in [5, 5.41) is 24.9. The fraction of sp³-hybridized carbons (Fsp3) is 0.423. The first-order chi connectivity index (χ1) is 17.2. The predicted octanol–water partition coefficient (Wildman–Crippen LogP) is 3.38. The lowest BCUT2D eigenvalue weighted by molar-refractivity contribution is -0.168. The van der Waals surface area contributed by atoms with Gasteiger partial charge in [0.25, 0.3) is 5.91 Å². The maximum Gasteiger partial charge on any atom is 0.335 e. The van der Waals surface area contributed by atoms with Crippen LogP contribution < -0.4 is 10.6 Å². The van der Waals surface area contributed by atoms with E-state index in [0.717, 1.165) is 19.3 Å². The standard InChI is InChI=1S/C26H34N4O6/c1-4-6-7-9-20(23(5-2)30(36)16-31)24(32)27-15-28-25(33)22-11-8-10-21(29-22)19-13-12-18(26(34)35)14-17(19)3/h8,10-14,16,20,23,36H,4-7,9,15H2,1-3H3,(H,27,32)(H,28,33)(H,34,35)/t20-,23-/m1/s1. The molecule has 0 saturated carbocycles. The van der Waals surface area contributed by atoms with Crippen molar-refractivity contribution >= 4 is 24.2 Å². The number of unbranched alkanes of at least 4 members (excludes halogenated alkanes) is 2. The zero-order chi connectivity index (χ0) is 26.7. The summed E-state index contributed by atoms with van der Waals surface area (Å²) in [6.45, 7) is 5.45. The minimum atomic E-state index is -1.02. The maximum absolute atomic E-state index is 12.9. The third-order valence-electron chi connectivity index (χ3n) is 6.03. The third kappa shape index (κ3) is 7.61. The van der Waals surface area contributed by atoms with Gasteiger partial charge in [-0.3, -0.25) is 19.6 Å². The van der Waals surface area contributed by atoms with E-state index in [1.54, 1.807) is 38.1 Å². The van der Waals surface area contributed by atoms with Crippen LogP contribution in [0.15, 0.2) is 36.4 Å². The molecule has 10 nitrogen and oxygen atoms in total. The molecule has 2 aromatic rings. The molecule has 194 valence electrons. The third-order valence-corrected chi connectivity index (χ3v) is 6.03. The van der Waals surface area contributed by atoms with Gasteiger partial charge in [0.2, 0.25) is 12.3 Å². The number of rotatable bonds is 14. The van der Waals surface area contributed by atoms with E-state index in [1.807, 2.05) is 6.92 Å². The molecule has 0 aliphatic carbocycles. The first-order valence-electron chi connectivity index (χ1n) is 12.0. The molecule has 3 amide bonds. The molecule has 2 atom stereocenters. The van der Waals surface area contributed by atoms with E-state index in [1.165, 1.54) is 12.1 Å². The van der Waals surface area contributed by atoms with Gasteiger partial charge < -0.3 is 15.7 Å². The largest absolute Gasteiger partial charge is 0.478 e. The Hall–Kier alpha value is -3.79. The van der Waals surface area contributed by atoms with Crippen LogP contribution in [-0.2, 0) is 9.59 Å². The van der Waals surface area contributed by atoms with Gasteiger partial charge in [-0.1, -0.05) is 45.2 Å². The van der Waals surface area contributed by atoms with Gasteiger partial charge in [0, 0.05) is 5.56 Å². The van der Waals surface area contributed by atoms with E-state index < -0.39 is 23.8 Å². The van der Waals surface area contributed by atoms with Gasteiger partial charge in [-0.25, -0.2) is 14.8 Å². The highest BCUT2D eigenvalue weighted by Crippen LogP contribution is 2.23. The Balaban J connectivity index is 2.06. The number of hydrogen-bond donors (Lipinski definition) is 4. The topological polar surface area (TPSA) is 149 Å². The van der Waals surface area contributed by atoms with Crippen molar-refractivity contribution in [3.63, 3.8) is 0 Å². The molecule has 0 unspecified atom stereocenters. The fourth-order valence-corrected chi connectivity index (χ4v) is 4.08. The Morgan fingerprint density at radius 2 is 1.86 bits per heavy atom. The average molecular weight is 499 g/mol. The summed E-state index contributed by atoms with van der Waals surface area (Å²) in [6.07, 6.45) is 3.85. The molecule has 0 radical (unpaired) electrons. The van der Waals surface area contributed by atoms with Crippen LogP contribution in [0, 0.1) is 12.8 Å². The van der Waals surface area contributed by atoms with Crippen molar-refractivity contribution in [2.45, 2.75) is 58.9 Å². The van der Waals surface area contributed by atoms with Crippen molar-refractivity contribution in [2.75, 3.05) is 6.67 Å². The zero-order valence-electron chi connectivity index (χ0n) is 20.9. The SMILES string of the molecule is CCCCC[C@@H](C(=O)NCNC(=O)c1cccc(-c2ccc(C(=O)O)cc2C)n1)[C@@H](CC)N(O)C=O. The second-order valence-electron chi connectivity index (χ2n) is 8.53. The minimum Gasteiger partial charge on any atom is -0.478 e. The number of hydrogen-bond acceptors (Lipinski definition) is 6. The number of hydroxylamine groups is 2. The second kappa shape index (κ2) is 13.9. The Morgan fingerprint density at radius 1 is 1.11 bits per heavy atom. The number of aromatic carboxylic acids is 1. The number of benzene rings is 1. The monoisotopic (exact) mass is 498 g/mol. The van der Waals surface area contributed by atoms with Crippen molar-refractivity contribution in [3.05, 3.63) is 53.2 Å². The first kappa shape index (κ1) is 28.4. The normalized spacial score (nSPS) is 12.3. The van der Waals surface area contributed by atoms with E-state index in [0.29, 0.717) is 41.1 Å². The smallest absolute Gasteiger partial charge is 0.335 e. The van der Waals surface area contributed by atoms with Crippen LogP contribution in [0.25, 0.3) is 11.3 Å². The Labute approximate surface area is 210 Å². The molecule has 0 aliphatic heterocycles. The molecule has 0 fully saturated rings. The van der Waals surface area contributed by atoms with Gasteiger partial charge in [0.1, 0.15) is 5.69 Å². The first-order valence-corrected chi connectivity index (χ1v) is 12.0. The van der Waals surface area contributed by atoms with E-state index in [-0.39, 0.29) is 23.8 Å². The predicted molar refractivity (Wildman–Crippen MR) is 133 cm³/mol. The number of carboxylic acids is 1. The molecule has 0 saturated heterocycles. The van der Waals surface area contributed by atoms with Crippen molar-refractivity contribution < 1.29 is 29.5 Å². The lowest BCUT2D eigenvalue weighted by Crippen LogP contribution is -2.47. The van der Waals surface area contributed by atoms with Gasteiger partial charge in [0.15, 0.2) is 0 Å². The number of nitrogens with one attached hydrogen (secondary N) is 2. The molecule has 2 rings (SSSR count). The van der Waals surface area contributed by atoms with Crippen molar-refractivity contribution in [3.8, 4) is 11.3 Å². The summed E-state index contributed by atoms with van der Waals surface area (Å²) < 4.78 is 0. The van der Waals surface area contributed by atoms with Crippen molar-refractivity contribution in [1.29, 1.82) is 0 Å². The van der Waals surface area contributed by atoms with Crippen LogP contribution in [-0.4, -0.2) is 57.3 Å². The van der Waals surface area contributed by atoms with Crippen LogP contribution in [0.4, 0.5) is 0 Å². The van der Waals surface area contributed by atoms with Gasteiger partial charge in [-0.2, -0.15) is 0 Å². The average Bonchev–Trinajstić information content (AvgIpc) is 2.87.